The molecule has 2 unspecified atom stereocenters. The van der Waals surface area contributed by atoms with Crippen molar-refractivity contribution >= 4 is 11.6 Å². The summed E-state index contributed by atoms with van der Waals surface area (Å²) in [7, 11) is 0. The molecule has 2 atom stereocenters. The van der Waals surface area contributed by atoms with Crippen LogP contribution in [0.25, 0.3) is 11.1 Å². The minimum atomic E-state index is 0.132. The van der Waals surface area contributed by atoms with Crippen LogP contribution in [0.1, 0.15) is 58.9 Å². The van der Waals surface area contributed by atoms with Crippen molar-refractivity contribution in [3.8, 4) is 11.1 Å². The quantitative estimate of drug-likeness (QED) is 0.339. The molecule has 4 nitrogen and oxygen atoms in total. The van der Waals surface area contributed by atoms with Crippen molar-refractivity contribution in [3.05, 3.63) is 107 Å². The summed E-state index contributed by atoms with van der Waals surface area (Å²) in [6.45, 7) is 4.26. The van der Waals surface area contributed by atoms with Gasteiger partial charge in [-0.1, -0.05) is 84.4 Å². The van der Waals surface area contributed by atoms with E-state index in [2.05, 4.69) is 97.1 Å². The Hall–Kier alpha value is -3.66. The number of nitrogens with one attached hydrogen (secondary N) is 1. The minimum absolute atomic E-state index is 0.132. The average molecular weight is 436 g/mol. The van der Waals surface area contributed by atoms with Gasteiger partial charge in [0.25, 0.3) is 0 Å². The Labute approximate surface area is 195 Å². The van der Waals surface area contributed by atoms with Crippen molar-refractivity contribution < 1.29 is 4.79 Å². The van der Waals surface area contributed by atoms with Crippen molar-refractivity contribution in [1.29, 1.82) is 0 Å². The summed E-state index contributed by atoms with van der Waals surface area (Å²) in [5.41, 5.74) is 6.77. The Morgan fingerprint density at radius 1 is 0.970 bits per heavy atom. The number of nitrogens with zero attached hydrogens (tertiary/aromatic N) is 2. The second-order valence-electron chi connectivity index (χ2n) is 9.03. The molecular formula is C29H29N3O. The molecule has 4 aromatic rings. The molecular weight excluding hydrogens is 406 g/mol. The van der Waals surface area contributed by atoms with Gasteiger partial charge in [-0.15, -0.1) is 0 Å². The van der Waals surface area contributed by atoms with Crippen molar-refractivity contribution in [2.45, 2.75) is 45.2 Å². The summed E-state index contributed by atoms with van der Waals surface area (Å²) in [5.74, 6) is 0.981. The molecule has 0 saturated heterocycles. The van der Waals surface area contributed by atoms with E-state index < -0.39 is 0 Å². The maximum Gasteiger partial charge on any atom is 0.168 e. The van der Waals surface area contributed by atoms with Crippen molar-refractivity contribution in [2.75, 3.05) is 5.32 Å². The number of Topliss-reactive ketones (excluding diaryl/α,β-unsaturated/α-hetero) is 1. The molecule has 2 heterocycles. The van der Waals surface area contributed by atoms with E-state index >= 15 is 0 Å². The van der Waals surface area contributed by atoms with Gasteiger partial charge in [0, 0.05) is 6.42 Å². The van der Waals surface area contributed by atoms with Crippen molar-refractivity contribution in [3.63, 3.8) is 0 Å². The van der Waals surface area contributed by atoms with Gasteiger partial charge in [-0.25, -0.2) is 4.68 Å². The Morgan fingerprint density at radius 3 is 2.33 bits per heavy atom. The zero-order valence-corrected chi connectivity index (χ0v) is 19.2. The molecule has 1 N–H and O–H groups in total. The van der Waals surface area contributed by atoms with Crippen LogP contribution in [0.15, 0.2) is 85.1 Å². The molecule has 0 spiro atoms. The number of anilines is 1. The lowest BCUT2D eigenvalue weighted by Gasteiger charge is -2.31. The van der Waals surface area contributed by atoms with Gasteiger partial charge in [0.15, 0.2) is 5.78 Å². The van der Waals surface area contributed by atoms with Crippen molar-refractivity contribution in [1.82, 2.24) is 9.78 Å². The number of ketones is 1. The number of fused-ring (bicyclic) bond motifs is 1. The van der Waals surface area contributed by atoms with E-state index in [-0.39, 0.29) is 17.9 Å². The molecule has 1 aromatic heterocycles. The highest BCUT2D eigenvalue weighted by molar-refractivity contribution is 6.00. The SMILES string of the molecule is Cc1ccc(-c2ccc(CCC(=O)c3cnn4c3NC(c3ccccc3)CC4C)cc2)cc1. The molecule has 1 aliphatic rings. The van der Waals surface area contributed by atoms with Crippen LogP contribution in [-0.2, 0) is 6.42 Å². The Morgan fingerprint density at radius 2 is 1.64 bits per heavy atom. The summed E-state index contributed by atoms with van der Waals surface area (Å²) >= 11 is 0. The van der Waals surface area contributed by atoms with Crippen molar-refractivity contribution in [2.24, 2.45) is 0 Å². The third-order valence-electron chi connectivity index (χ3n) is 6.58. The third-order valence-corrected chi connectivity index (χ3v) is 6.58. The van der Waals surface area contributed by atoms with Crippen LogP contribution >= 0.6 is 0 Å². The second-order valence-corrected chi connectivity index (χ2v) is 9.03. The molecule has 0 amide bonds. The fourth-order valence-corrected chi connectivity index (χ4v) is 4.62. The molecule has 5 rings (SSSR count). The van der Waals surface area contributed by atoms with E-state index in [1.165, 1.54) is 27.8 Å². The number of aryl methyl sites for hydroxylation is 2. The average Bonchev–Trinajstić information content (AvgIpc) is 3.29. The van der Waals surface area contributed by atoms with Gasteiger partial charge in [-0.3, -0.25) is 4.79 Å². The number of hydrogen-bond acceptors (Lipinski definition) is 3. The number of carbonyl (C=O) groups is 1. The standard InChI is InChI=1S/C29H29N3O/c1-20-8-13-23(14-9-20)24-15-10-22(11-16-24)12-17-28(33)26-19-30-32-21(2)18-27(31-29(26)32)25-6-4-3-5-7-25/h3-11,13-16,19,21,27,31H,12,17-18H2,1-2H3. The predicted molar refractivity (Wildman–Crippen MR) is 134 cm³/mol. The summed E-state index contributed by atoms with van der Waals surface area (Å²) in [6.07, 6.45) is 3.86. The maximum atomic E-state index is 13.1. The molecule has 0 fully saturated rings. The summed E-state index contributed by atoms with van der Waals surface area (Å²) in [5, 5.41) is 8.11. The van der Waals surface area contributed by atoms with Crippen LogP contribution in [0.5, 0.6) is 0 Å². The fourth-order valence-electron chi connectivity index (χ4n) is 4.62. The summed E-state index contributed by atoms with van der Waals surface area (Å²) in [4.78, 5) is 13.1. The number of benzene rings is 3. The summed E-state index contributed by atoms with van der Waals surface area (Å²) < 4.78 is 1.96. The Kier molecular flexibility index (Phi) is 5.82. The van der Waals surface area contributed by atoms with E-state index in [1.807, 2.05) is 10.7 Å². The molecule has 1 aliphatic heterocycles. The van der Waals surface area contributed by atoms with E-state index in [1.54, 1.807) is 6.20 Å². The first-order valence-electron chi connectivity index (χ1n) is 11.7. The van der Waals surface area contributed by atoms with Gasteiger partial charge in [0.05, 0.1) is 23.8 Å². The molecule has 3 aromatic carbocycles. The van der Waals surface area contributed by atoms with Gasteiger partial charge in [-0.2, -0.15) is 5.10 Å². The third kappa shape index (κ3) is 4.47. The summed E-state index contributed by atoms with van der Waals surface area (Å²) in [6, 6.07) is 27.9. The highest BCUT2D eigenvalue weighted by Crippen LogP contribution is 2.36. The normalized spacial score (nSPS) is 17.3. The monoisotopic (exact) mass is 435 g/mol. The topological polar surface area (TPSA) is 46.9 Å². The zero-order chi connectivity index (χ0) is 22.8. The Bertz CT molecular complexity index is 1240. The molecule has 0 aliphatic carbocycles. The highest BCUT2D eigenvalue weighted by Gasteiger charge is 2.29. The van der Waals surface area contributed by atoms with Gasteiger partial charge in [0.1, 0.15) is 5.82 Å². The van der Waals surface area contributed by atoms with E-state index in [0.717, 1.165) is 18.7 Å². The van der Waals surface area contributed by atoms with E-state index in [4.69, 9.17) is 0 Å². The van der Waals surface area contributed by atoms with Gasteiger partial charge < -0.3 is 5.32 Å². The number of aromatic nitrogens is 2. The lowest BCUT2D eigenvalue weighted by atomic mass is 9.97. The largest absolute Gasteiger partial charge is 0.363 e. The number of rotatable bonds is 6. The number of carbonyl (C=O) groups excluding carboxylic acids is 1. The molecule has 166 valence electrons. The van der Waals surface area contributed by atoms with Gasteiger partial charge in [0.2, 0.25) is 0 Å². The first-order chi connectivity index (χ1) is 16.1. The lowest BCUT2D eigenvalue weighted by molar-refractivity contribution is 0.0983. The molecule has 0 bridgehead atoms. The molecule has 33 heavy (non-hydrogen) atoms. The highest BCUT2D eigenvalue weighted by atomic mass is 16.1. The zero-order valence-electron chi connectivity index (χ0n) is 19.2. The van der Waals surface area contributed by atoms with Gasteiger partial charge in [-0.05, 0) is 48.9 Å². The van der Waals surface area contributed by atoms with Crippen LogP contribution in [-0.4, -0.2) is 15.6 Å². The predicted octanol–water partition coefficient (Wildman–Crippen LogP) is 6.79. The first-order valence-corrected chi connectivity index (χ1v) is 11.7. The maximum absolute atomic E-state index is 13.1. The second kappa shape index (κ2) is 9.07. The fraction of sp³-hybridized carbons (Fsp3) is 0.241. The van der Waals surface area contributed by atoms with E-state index in [0.29, 0.717) is 12.0 Å². The lowest BCUT2D eigenvalue weighted by Crippen LogP contribution is -2.26. The minimum Gasteiger partial charge on any atom is -0.363 e. The van der Waals surface area contributed by atoms with Crippen LogP contribution in [0.2, 0.25) is 0 Å². The molecule has 0 saturated carbocycles. The van der Waals surface area contributed by atoms with E-state index in [9.17, 15) is 4.79 Å². The smallest absolute Gasteiger partial charge is 0.168 e. The van der Waals surface area contributed by atoms with Crippen LogP contribution in [0, 0.1) is 6.92 Å². The number of hydrogen-bond donors (Lipinski definition) is 1. The molecule has 4 heteroatoms. The van der Waals surface area contributed by atoms with Crippen LogP contribution in [0.4, 0.5) is 5.82 Å². The molecule has 0 radical (unpaired) electrons. The van der Waals surface area contributed by atoms with Crippen LogP contribution < -0.4 is 5.32 Å². The van der Waals surface area contributed by atoms with Gasteiger partial charge >= 0.3 is 0 Å². The Balaban J connectivity index is 1.27. The first kappa shape index (κ1) is 21.2. The van der Waals surface area contributed by atoms with Crippen LogP contribution in [0.3, 0.4) is 0 Å².